The lowest BCUT2D eigenvalue weighted by atomic mass is 9.97. The molecule has 22 heavy (non-hydrogen) atoms. The number of hydrogen-bond acceptors (Lipinski definition) is 1. The van der Waals surface area contributed by atoms with Crippen molar-refractivity contribution in [2.75, 3.05) is 0 Å². The molecule has 0 spiro atoms. The lowest BCUT2D eigenvalue weighted by Crippen LogP contribution is -2.00. The smallest absolute Gasteiger partial charge is 0.167 e. The van der Waals surface area contributed by atoms with Crippen molar-refractivity contribution in [2.45, 2.75) is 20.3 Å². The number of carbonyl (C=O) groups excluding carboxylic acids is 1. The van der Waals surface area contributed by atoms with Gasteiger partial charge in [0.05, 0.1) is 0 Å². The quantitative estimate of drug-likeness (QED) is 0.373. The first-order valence-electron chi connectivity index (χ1n) is 7.37. The number of halogens is 1. The van der Waals surface area contributed by atoms with Crippen molar-refractivity contribution in [2.24, 2.45) is 0 Å². The summed E-state index contributed by atoms with van der Waals surface area (Å²) in [6, 6.07) is 17.1. The standard InChI is InChI=1S/C18H15ClO.C2H6/c1-2-6-18(20)17(15-7-4-3-5-8-15)13-14-9-11-16(19)12-10-14;1-2/h2-5,7-13H,1,6H2;1-2H3/b17-13+;. The molecule has 2 aromatic rings. The van der Waals surface area contributed by atoms with Crippen LogP contribution >= 0.6 is 11.6 Å². The zero-order valence-electron chi connectivity index (χ0n) is 13.1. The maximum absolute atomic E-state index is 12.2. The van der Waals surface area contributed by atoms with E-state index in [-0.39, 0.29) is 5.78 Å². The molecule has 0 aliphatic rings. The maximum Gasteiger partial charge on any atom is 0.167 e. The molecular formula is C20H21ClO. The molecule has 0 aromatic heterocycles. The molecule has 0 saturated heterocycles. The third kappa shape index (κ3) is 5.34. The SMILES string of the molecule is C=CCC(=O)/C(=C/c1ccc(Cl)cc1)c1ccccc1.CC. The van der Waals surface area contributed by atoms with E-state index in [1.165, 1.54) is 0 Å². The van der Waals surface area contributed by atoms with Crippen molar-refractivity contribution < 1.29 is 4.79 Å². The van der Waals surface area contributed by atoms with Gasteiger partial charge in [-0.05, 0) is 29.3 Å². The Morgan fingerprint density at radius 1 is 1.05 bits per heavy atom. The molecule has 2 rings (SSSR count). The Kier molecular flexibility index (Phi) is 7.95. The first-order valence-corrected chi connectivity index (χ1v) is 7.75. The van der Waals surface area contributed by atoms with E-state index in [0.717, 1.165) is 11.1 Å². The summed E-state index contributed by atoms with van der Waals surface area (Å²) in [5.74, 6) is 0.0566. The van der Waals surface area contributed by atoms with Gasteiger partial charge in [0.15, 0.2) is 5.78 Å². The molecule has 0 N–H and O–H groups in total. The summed E-state index contributed by atoms with van der Waals surface area (Å²) in [4.78, 5) is 12.2. The van der Waals surface area contributed by atoms with Crippen LogP contribution in [0.15, 0.2) is 67.3 Å². The zero-order chi connectivity index (χ0) is 16.4. The molecule has 114 valence electrons. The topological polar surface area (TPSA) is 17.1 Å². The molecule has 0 bridgehead atoms. The average Bonchev–Trinajstić information content (AvgIpc) is 2.57. The fourth-order valence-corrected chi connectivity index (χ4v) is 2.04. The van der Waals surface area contributed by atoms with Crippen molar-refractivity contribution in [1.29, 1.82) is 0 Å². The Balaban J connectivity index is 0.00000116. The predicted octanol–water partition coefficient (Wildman–Crippen LogP) is 6.05. The van der Waals surface area contributed by atoms with Crippen molar-refractivity contribution in [1.82, 2.24) is 0 Å². The zero-order valence-corrected chi connectivity index (χ0v) is 13.8. The highest BCUT2D eigenvalue weighted by molar-refractivity contribution is 6.30. The molecule has 0 saturated carbocycles. The summed E-state index contributed by atoms with van der Waals surface area (Å²) in [5.41, 5.74) is 2.55. The fourth-order valence-electron chi connectivity index (χ4n) is 1.91. The monoisotopic (exact) mass is 312 g/mol. The molecular weight excluding hydrogens is 292 g/mol. The van der Waals surface area contributed by atoms with Gasteiger partial charge in [0, 0.05) is 17.0 Å². The maximum atomic E-state index is 12.2. The first-order chi connectivity index (χ1) is 10.7. The molecule has 0 fully saturated rings. The van der Waals surface area contributed by atoms with E-state index >= 15 is 0 Å². The van der Waals surface area contributed by atoms with Crippen molar-refractivity contribution in [3.8, 4) is 0 Å². The summed E-state index contributed by atoms with van der Waals surface area (Å²) >= 11 is 5.88. The Labute approximate surface area is 137 Å². The molecule has 1 nitrogen and oxygen atoms in total. The third-order valence-corrected chi connectivity index (χ3v) is 3.15. The molecule has 0 aliphatic heterocycles. The average molecular weight is 313 g/mol. The highest BCUT2D eigenvalue weighted by atomic mass is 35.5. The van der Waals surface area contributed by atoms with Crippen LogP contribution in [-0.2, 0) is 4.79 Å². The largest absolute Gasteiger partial charge is 0.294 e. The molecule has 2 heteroatoms. The molecule has 0 radical (unpaired) electrons. The number of carbonyl (C=O) groups is 1. The van der Waals surface area contributed by atoms with Crippen LogP contribution < -0.4 is 0 Å². The first kappa shape index (κ1) is 17.9. The Hall–Kier alpha value is -2.12. The normalized spacial score (nSPS) is 10.4. The molecule has 0 amide bonds. The van der Waals surface area contributed by atoms with Crippen LogP contribution in [0.4, 0.5) is 0 Å². The van der Waals surface area contributed by atoms with Crippen molar-refractivity contribution in [3.63, 3.8) is 0 Å². The second-order valence-electron chi connectivity index (χ2n) is 4.39. The van der Waals surface area contributed by atoms with E-state index in [0.29, 0.717) is 17.0 Å². The van der Waals surface area contributed by atoms with E-state index in [4.69, 9.17) is 11.6 Å². The van der Waals surface area contributed by atoms with Gasteiger partial charge < -0.3 is 0 Å². The van der Waals surface area contributed by atoms with Crippen LogP contribution in [-0.4, -0.2) is 5.78 Å². The number of Topliss-reactive ketones (excluding diaryl/α,β-unsaturated/α-hetero) is 1. The van der Waals surface area contributed by atoms with Gasteiger partial charge in [-0.2, -0.15) is 0 Å². The van der Waals surface area contributed by atoms with Gasteiger partial charge in [-0.15, -0.1) is 6.58 Å². The lowest BCUT2D eigenvalue weighted by Gasteiger charge is -2.06. The van der Waals surface area contributed by atoms with Gasteiger partial charge in [0.2, 0.25) is 0 Å². The number of hydrogen-bond donors (Lipinski definition) is 0. The van der Waals surface area contributed by atoms with Crippen LogP contribution in [0, 0.1) is 0 Å². The minimum absolute atomic E-state index is 0.0566. The van der Waals surface area contributed by atoms with Crippen LogP contribution in [0.25, 0.3) is 11.6 Å². The van der Waals surface area contributed by atoms with Crippen LogP contribution in [0.5, 0.6) is 0 Å². The summed E-state index contributed by atoms with van der Waals surface area (Å²) in [7, 11) is 0. The van der Waals surface area contributed by atoms with Gasteiger partial charge in [-0.3, -0.25) is 4.79 Å². The van der Waals surface area contributed by atoms with Gasteiger partial charge in [0.25, 0.3) is 0 Å². The molecule has 0 unspecified atom stereocenters. The molecule has 0 atom stereocenters. The summed E-state index contributed by atoms with van der Waals surface area (Å²) < 4.78 is 0. The minimum Gasteiger partial charge on any atom is -0.294 e. The highest BCUT2D eigenvalue weighted by Crippen LogP contribution is 2.21. The summed E-state index contributed by atoms with van der Waals surface area (Å²) in [6.07, 6.45) is 3.84. The van der Waals surface area contributed by atoms with Crippen LogP contribution in [0.2, 0.25) is 5.02 Å². The highest BCUT2D eigenvalue weighted by Gasteiger charge is 2.10. The summed E-state index contributed by atoms with van der Waals surface area (Å²) in [6.45, 7) is 7.63. The second kappa shape index (κ2) is 9.75. The van der Waals surface area contributed by atoms with Gasteiger partial charge >= 0.3 is 0 Å². The summed E-state index contributed by atoms with van der Waals surface area (Å²) in [5, 5.41) is 0.681. The van der Waals surface area contributed by atoms with Crippen molar-refractivity contribution in [3.05, 3.63) is 83.4 Å². The fraction of sp³-hybridized carbons (Fsp3) is 0.150. The van der Waals surface area contributed by atoms with E-state index in [2.05, 4.69) is 6.58 Å². The van der Waals surface area contributed by atoms with Crippen molar-refractivity contribution >= 4 is 29.0 Å². The molecule has 2 aromatic carbocycles. The van der Waals surface area contributed by atoms with E-state index in [9.17, 15) is 4.79 Å². The van der Waals surface area contributed by atoms with Gasteiger partial charge in [-0.25, -0.2) is 0 Å². The van der Waals surface area contributed by atoms with Gasteiger partial charge in [0.1, 0.15) is 0 Å². The number of rotatable bonds is 5. The number of benzene rings is 2. The second-order valence-corrected chi connectivity index (χ2v) is 4.83. The van der Waals surface area contributed by atoms with E-state index in [1.807, 2.05) is 74.5 Å². The van der Waals surface area contributed by atoms with E-state index in [1.54, 1.807) is 6.08 Å². The number of ketones is 1. The Morgan fingerprint density at radius 2 is 1.64 bits per heavy atom. The lowest BCUT2D eigenvalue weighted by molar-refractivity contribution is -0.112. The minimum atomic E-state index is 0.0566. The number of allylic oxidation sites excluding steroid dienone is 2. The van der Waals surface area contributed by atoms with Crippen LogP contribution in [0.3, 0.4) is 0 Å². The van der Waals surface area contributed by atoms with E-state index < -0.39 is 0 Å². The molecule has 0 aliphatic carbocycles. The third-order valence-electron chi connectivity index (χ3n) is 2.90. The molecule has 0 heterocycles. The predicted molar refractivity (Wildman–Crippen MR) is 96.9 cm³/mol. The Bertz CT molecular complexity index is 625. The van der Waals surface area contributed by atoms with Crippen LogP contribution in [0.1, 0.15) is 31.4 Å². The van der Waals surface area contributed by atoms with Gasteiger partial charge in [-0.1, -0.05) is 74.0 Å². The Morgan fingerprint density at radius 3 is 2.18 bits per heavy atom.